The molecule has 2 rings (SSSR count). The number of nitrogens with one attached hydrogen (secondary N) is 1. The summed E-state index contributed by atoms with van der Waals surface area (Å²) in [5, 5.41) is 2.69. The van der Waals surface area contributed by atoms with E-state index in [1.54, 1.807) is 24.3 Å². The Kier molecular flexibility index (Phi) is 5.73. The number of methoxy groups -OCH3 is 1. The van der Waals surface area contributed by atoms with Crippen LogP contribution in [0.5, 0.6) is 17.2 Å². The molecule has 1 N–H and O–H groups in total. The first-order valence-electron chi connectivity index (χ1n) is 7.34. The topological polar surface area (TPSA) is 90.9 Å². The average molecular weight is 343 g/mol. The Morgan fingerprint density at radius 3 is 1.96 bits per heavy atom. The van der Waals surface area contributed by atoms with Gasteiger partial charge in [-0.15, -0.1) is 0 Å². The van der Waals surface area contributed by atoms with Crippen molar-refractivity contribution >= 4 is 23.5 Å². The van der Waals surface area contributed by atoms with E-state index in [1.807, 2.05) is 0 Å². The average Bonchev–Trinajstić information content (AvgIpc) is 2.53. The smallest absolute Gasteiger partial charge is 0.308 e. The molecule has 7 nitrogen and oxygen atoms in total. The lowest BCUT2D eigenvalue weighted by Gasteiger charge is -2.10. The van der Waals surface area contributed by atoms with Crippen LogP contribution in [-0.2, 0) is 9.59 Å². The molecule has 0 heterocycles. The Bertz CT molecular complexity index is 781. The second kappa shape index (κ2) is 7.96. The quantitative estimate of drug-likeness (QED) is 0.663. The van der Waals surface area contributed by atoms with E-state index in [0.717, 1.165) is 0 Å². The summed E-state index contributed by atoms with van der Waals surface area (Å²) in [5.41, 5.74) is 0.689. The molecule has 2 aromatic carbocycles. The van der Waals surface area contributed by atoms with Gasteiger partial charge in [0.05, 0.1) is 7.11 Å². The van der Waals surface area contributed by atoms with Crippen molar-refractivity contribution in [1.29, 1.82) is 0 Å². The first-order valence-corrected chi connectivity index (χ1v) is 7.34. The molecule has 0 radical (unpaired) electrons. The molecular weight excluding hydrogens is 326 g/mol. The Morgan fingerprint density at radius 2 is 1.44 bits per heavy atom. The van der Waals surface area contributed by atoms with Crippen molar-refractivity contribution < 1.29 is 28.6 Å². The van der Waals surface area contributed by atoms with Gasteiger partial charge in [0.15, 0.2) is 0 Å². The molecule has 0 unspecified atom stereocenters. The molecule has 0 saturated carbocycles. The molecule has 0 aliphatic rings. The van der Waals surface area contributed by atoms with Crippen LogP contribution in [-0.4, -0.2) is 25.0 Å². The van der Waals surface area contributed by atoms with Crippen LogP contribution in [0, 0.1) is 0 Å². The van der Waals surface area contributed by atoms with E-state index < -0.39 is 17.8 Å². The van der Waals surface area contributed by atoms with E-state index in [-0.39, 0.29) is 17.1 Å². The Morgan fingerprint density at radius 1 is 0.840 bits per heavy atom. The molecule has 7 heteroatoms. The largest absolute Gasteiger partial charge is 0.497 e. The van der Waals surface area contributed by atoms with E-state index in [9.17, 15) is 14.4 Å². The van der Waals surface area contributed by atoms with Gasteiger partial charge < -0.3 is 19.5 Å². The van der Waals surface area contributed by atoms with Gasteiger partial charge in [-0.1, -0.05) is 6.07 Å². The van der Waals surface area contributed by atoms with E-state index in [1.165, 1.54) is 39.2 Å². The number of hydrogen-bond acceptors (Lipinski definition) is 6. The van der Waals surface area contributed by atoms with Crippen molar-refractivity contribution in [1.82, 2.24) is 0 Å². The van der Waals surface area contributed by atoms with Crippen molar-refractivity contribution in [2.24, 2.45) is 0 Å². The first-order chi connectivity index (χ1) is 11.9. The van der Waals surface area contributed by atoms with Gasteiger partial charge in [0.1, 0.15) is 17.2 Å². The molecular formula is C18H17NO6. The predicted molar refractivity (Wildman–Crippen MR) is 90.0 cm³/mol. The molecule has 2 aromatic rings. The standard InChI is InChI=1S/C18H17NO6/c1-11(20)24-16-7-13(8-17(10-16)25-12(2)21)18(22)19-14-5-4-6-15(9-14)23-3/h4-10H,1-3H3,(H,19,22). The molecule has 0 bridgehead atoms. The van der Waals surface area contributed by atoms with Crippen LogP contribution >= 0.6 is 0 Å². The molecule has 130 valence electrons. The van der Waals surface area contributed by atoms with Crippen LogP contribution in [0.1, 0.15) is 24.2 Å². The van der Waals surface area contributed by atoms with E-state index in [4.69, 9.17) is 14.2 Å². The summed E-state index contributed by atoms with van der Waals surface area (Å²) in [5.74, 6) is -0.787. The number of anilines is 1. The minimum Gasteiger partial charge on any atom is -0.497 e. The fourth-order valence-corrected chi connectivity index (χ4v) is 2.06. The lowest BCUT2D eigenvalue weighted by atomic mass is 10.1. The third-order valence-corrected chi connectivity index (χ3v) is 2.99. The minimum absolute atomic E-state index is 0.0991. The van der Waals surface area contributed by atoms with Gasteiger partial charge in [-0.25, -0.2) is 0 Å². The van der Waals surface area contributed by atoms with Crippen LogP contribution in [0.25, 0.3) is 0 Å². The maximum atomic E-state index is 12.5. The number of carbonyl (C=O) groups excluding carboxylic acids is 3. The summed E-state index contributed by atoms with van der Waals surface area (Å²) in [6.45, 7) is 2.46. The Balaban J connectivity index is 2.29. The van der Waals surface area contributed by atoms with E-state index in [0.29, 0.717) is 11.4 Å². The van der Waals surface area contributed by atoms with Crippen LogP contribution in [0.15, 0.2) is 42.5 Å². The van der Waals surface area contributed by atoms with Crippen molar-refractivity contribution in [3.63, 3.8) is 0 Å². The molecule has 0 aliphatic heterocycles. The zero-order chi connectivity index (χ0) is 18.4. The fourth-order valence-electron chi connectivity index (χ4n) is 2.06. The molecule has 1 amide bonds. The van der Waals surface area contributed by atoms with E-state index in [2.05, 4.69) is 5.32 Å². The summed E-state index contributed by atoms with van der Waals surface area (Å²) in [6.07, 6.45) is 0. The Hall–Kier alpha value is -3.35. The van der Waals surface area contributed by atoms with Crippen LogP contribution < -0.4 is 19.5 Å². The van der Waals surface area contributed by atoms with Gasteiger partial charge >= 0.3 is 11.9 Å². The van der Waals surface area contributed by atoms with Gasteiger partial charge in [-0.3, -0.25) is 14.4 Å². The highest BCUT2D eigenvalue weighted by Crippen LogP contribution is 2.25. The highest BCUT2D eigenvalue weighted by atomic mass is 16.5. The van der Waals surface area contributed by atoms with E-state index >= 15 is 0 Å². The number of ether oxygens (including phenoxy) is 3. The maximum absolute atomic E-state index is 12.5. The highest BCUT2D eigenvalue weighted by Gasteiger charge is 2.13. The molecule has 0 aromatic heterocycles. The second-order valence-electron chi connectivity index (χ2n) is 5.07. The number of hydrogen-bond donors (Lipinski definition) is 1. The molecule has 0 saturated heterocycles. The minimum atomic E-state index is -0.556. The number of esters is 2. The number of amides is 1. The lowest BCUT2D eigenvalue weighted by Crippen LogP contribution is -2.13. The summed E-state index contributed by atoms with van der Waals surface area (Å²) < 4.78 is 15.1. The number of carbonyl (C=O) groups is 3. The molecule has 0 atom stereocenters. The summed E-state index contributed by atoms with van der Waals surface area (Å²) in [7, 11) is 1.52. The third-order valence-electron chi connectivity index (χ3n) is 2.99. The van der Waals surface area contributed by atoms with Gasteiger partial charge in [0.25, 0.3) is 5.91 Å². The van der Waals surface area contributed by atoms with Crippen LogP contribution in [0.4, 0.5) is 5.69 Å². The molecule has 0 aliphatic carbocycles. The normalized spacial score (nSPS) is 9.88. The summed E-state index contributed by atoms with van der Waals surface area (Å²) in [4.78, 5) is 34.7. The van der Waals surface area contributed by atoms with Crippen LogP contribution in [0.2, 0.25) is 0 Å². The van der Waals surface area contributed by atoms with Crippen molar-refractivity contribution in [3.05, 3.63) is 48.0 Å². The molecule has 25 heavy (non-hydrogen) atoms. The van der Waals surface area contributed by atoms with Crippen molar-refractivity contribution in [3.8, 4) is 17.2 Å². The monoisotopic (exact) mass is 343 g/mol. The van der Waals surface area contributed by atoms with Gasteiger partial charge in [0.2, 0.25) is 0 Å². The van der Waals surface area contributed by atoms with Gasteiger partial charge in [-0.05, 0) is 24.3 Å². The molecule has 0 fully saturated rings. The number of rotatable bonds is 5. The lowest BCUT2D eigenvalue weighted by molar-refractivity contribution is -0.132. The zero-order valence-electron chi connectivity index (χ0n) is 14.0. The summed E-state index contributed by atoms with van der Waals surface area (Å²) >= 11 is 0. The Labute approximate surface area is 144 Å². The SMILES string of the molecule is COc1cccc(NC(=O)c2cc(OC(C)=O)cc(OC(C)=O)c2)c1. The highest BCUT2D eigenvalue weighted by molar-refractivity contribution is 6.05. The maximum Gasteiger partial charge on any atom is 0.308 e. The van der Waals surface area contributed by atoms with Crippen molar-refractivity contribution in [2.75, 3.05) is 12.4 Å². The zero-order valence-corrected chi connectivity index (χ0v) is 14.0. The fraction of sp³-hybridized carbons (Fsp3) is 0.167. The van der Waals surface area contributed by atoms with Crippen LogP contribution in [0.3, 0.4) is 0 Å². The number of benzene rings is 2. The molecule has 0 spiro atoms. The first kappa shape index (κ1) is 18.0. The van der Waals surface area contributed by atoms with Gasteiger partial charge in [-0.2, -0.15) is 0 Å². The second-order valence-corrected chi connectivity index (χ2v) is 5.07. The predicted octanol–water partition coefficient (Wildman–Crippen LogP) is 2.80. The third kappa shape index (κ3) is 5.35. The summed E-state index contributed by atoms with van der Waals surface area (Å²) in [6, 6.07) is 10.9. The van der Waals surface area contributed by atoms with Crippen molar-refractivity contribution in [2.45, 2.75) is 13.8 Å². The van der Waals surface area contributed by atoms with Gasteiger partial charge in [0, 0.05) is 37.2 Å².